The number of carbonyl (C=O) groups excluding carboxylic acids is 1. The van der Waals surface area contributed by atoms with E-state index >= 15 is 0 Å². The van der Waals surface area contributed by atoms with Gasteiger partial charge in [-0.05, 0) is 54.8 Å². The van der Waals surface area contributed by atoms with Gasteiger partial charge in [0.1, 0.15) is 18.2 Å². The minimum Gasteiger partial charge on any atom is -0.489 e. The highest BCUT2D eigenvalue weighted by atomic mass is 19.1. The number of aryl methyl sites for hydroxylation is 2. The summed E-state index contributed by atoms with van der Waals surface area (Å²) in [6, 6.07) is 18.7. The molecule has 0 saturated carbocycles. The fraction of sp³-hybridized carbons (Fsp3) is 0.174. The number of rotatable bonds is 6. The second kappa shape index (κ2) is 10.8. The Bertz CT molecular complexity index is 961. The summed E-state index contributed by atoms with van der Waals surface area (Å²) in [5.74, 6) is 5.01. The highest BCUT2D eigenvalue weighted by Gasteiger charge is 2.09. The van der Waals surface area contributed by atoms with Gasteiger partial charge in [0.05, 0.1) is 0 Å². The number of benzene rings is 3. The zero-order chi connectivity index (χ0) is 21.2. The Hall–Kier alpha value is -3.38. The summed E-state index contributed by atoms with van der Waals surface area (Å²) in [5, 5.41) is 3.20. The standard InChI is InChI=1S/C22H22FNO.CH4N2O/c1-15-7-6-10-21(24-3)19(15)14-25-22-12-11-17(13-16(22)2)18-8-4-5-9-20(18)23;2-3-1-4/h4-13,24H,14H2,1-3H3;1H,2H2,(H,3,4). The minimum atomic E-state index is -0.214. The van der Waals surface area contributed by atoms with E-state index in [4.69, 9.17) is 9.53 Å². The zero-order valence-electron chi connectivity index (χ0n) is 16.8. The highest BCUT2D eigenvalue weighted by molar-refractivity contribution is 5.66. The predicted molar refractivity (Wildman–Crippen MR) is 115 cm³/mol. The maximum Gasteiger partial charge on any atom is 0.221 e. The monoisotopic (exact) mass is 395 g/mol. The molecule has 0 unspecified atom stereocenters. The van der Waals surface area contributed by atoms with Gasteiger partial charge < -0.3 is 10.1 Å². The van der Waals surface area contributed by atoms with E-state index in [-0.39, 0.29) is 5.82 Å². The van der Waals surface area contributed by atoms with E-state index in [0.29, 0.717) is 18.6 Å². The molecule has 0 spiro atoms. The summed E-state index contributed by atoms with van der Waals surface area (Å²) in [5.41, 5.74) is 7.60. The molecule has 0 bridgehead atoms. The van der Waals surface area contributed by atoms with Gasteiger partial charge >= 0.3 is 0 Å². The summed E-state index contributed by atoms with van der Waals surface area (Å²) >= 11 is 0. The Labute approximate surface area is 170 Å². The number of amides is 1. The molecule has 0 saturated heterocycles. The third kappa shape index (κ3) is 5.80. The maximum absolute atomic E-state index is 14.0. The molecule has 6 heteroatoms. The summed E-state index contributed by atoms with van der Waals surface area (Å²) in [6.45, 7) is 4.55. The normalized spacial score (nSPS) is 9.83. The molecule has 0 aromatic heterocycles. The van der Waals surface area contributed by atoms with Crippen LogP contribution in [0.25, 0.3) is 11.1 Å². The van der Waals surface area contributed by atoms with Crippen LogP contribution in [0.4, 0.5) is 10.1 Å². The Morgan fingerprint density at radius 1 is 1.03 bits per heavy atom. The topological polar surface area (TPSA) is 76.4 Å². The van der Waals surface area contributed by atoms with Crippen LogP contribution in [0.3, 0.4) is 0 Å². The number of hydrogen-bond acceptors (Lipinski definition) is 4. The van der Waals surface area contributed by atoms with Crippen LogP contribution in [0, 0.1) is 19.7 Å². The van der Waals surface area contributed by atoms with Crippen molar-refractivity contribution in [3.8, 4) is 16.9 Å². The van der Waals surface area contributed by atoms with Gasteiger partial charge in [0.15, 0.2) is 0 Å². The number of nitrogens with one attached hydrogen (secondary N) is 2. The Balaban J connectivity index is 0.000000687. The molecule has 0 fully saturated rings. The van der Waals surface area contributed by atoms with E-state index < -0.39 is 0 Å². The van der Waals surface area contributed by atoms with Crippen molar-refractivity contribution in [2.75, 3.05) is 12.4 Å². The molecule has 29 heavy (non-hydrogen) atoms. The van der Waals surface area contributed by atoms with Crippen molar-refractivity contribution < 1.29 is 13.9 Å². The molecule has 0 aliphatic carbocycles. The van der Waals surface area contributed by atoms with Gasteiger partial charge in [0.25, 0.3) is 0 Å². The van der Waals surface area contributed by atoms with Crippen LogP contribution >= 0.6 is 0 Å². The Kier molecular flexibility index (Phi) is 8.18. The van der Waals surface area contributed by atoms with Crippen molar-refractivity contribution >= 4 is 12.1 Å². The molecule has 4 N–H and O–H groups in total. The van der Waals surface area contributed by atoms with Gasteiger partial charge in [-0.15, -0.1) is 0 Å². The molecule has 0 atom stereocenters. The zero-order valence-corrected chi connectivity index (χ0v) is 16.8. The van der Waals surface area contributed by atoms with Gasteiger partial charge in [-0.1, -0.05) is 36.4 Å². The first kappa shape index (κ1) is 21.9. The molecular weight excluding hydrogens is 369 g/mol. The second-order valence-electron chi connectivity index (χ2n) is 6.38. The molecule has 152 valence electrons. The highest BCUT2D eigenvalue weighted by Crippen LogP contribution is 2.29. The van der Waals surface area contributed by atoms with E-state index in [9.17, 15) is 4.39 Å². The number of hydrogen-bond donors (Lipinski definition) is 3. The van der Waals surface area contributed by atoms with Gasteiger partial charge in [0, 0.05) is 23.9 Å². The smallest absolute Gasteiger partial charge is 0.221 e. The van der Waals surface area contributed by atoms with E-state index in [2.05, 4.69) is 24.1 Å². The third-order valence-electron chi connectivity index (χ3n) is 4.48. The molecule has 0 heterocycles. The molecule has 0 radical (unpaired) electrons. The van der Waals surface area contributed by atoms with Crippen LogP contribution in [-0.4, -0.2) is 13.5 Å². The first-order valence-electron chi connectivity index (χ1n) is 9.16. The average Bonchev–Trinajstić information content (AvgIpc) is 2.74. The van der Waals surface area contributed by atoms with E-state index in [1.165, 1.54) is 11.6 Å². The molecule has 3 aromatic rings. The lowest BCUT2D eigenvalue weighted by Crippen LogP contribution is -2.18. The lowest BCUT2D eigenvalue weighted by atomic mass is 10.0. The quantitative estimate of drug-likeness (QED) is 0.251. The van der Waals surface area contributed by atoms with Gasteiger partial charge in [0.2, 0.25) is 6.41 Å². The number of halogens is 1. The molecular formula is C23H26FN3O2. The molecule has 0 aliphatic heterocycles. The first-order valence-corrected chi connectivity index (χ1v) is 9.16. The van der Waals surface area contributed by atoms with Crippen LogP contribution < -0.4 is 21.3 Å². The average molecular weight is 395 g/mol. The summed E-state index contributed by atoms with van der Waals surface area (Å²) < 4.78 is 20.0. The van der Waals surface area contributed by atoms with Crippen LogP contribution in [0.5, 0.6) is 5.75 Å². The largest absolute Gasteiger partial charge is 0.489 e. The van der Waals surface area contributed by atoms with Crippen LogP contribution in [-0.2, 0) is 11.4 Å². The SMILES string of the molecule is CNc1cccc(C)c1COc1ccc(-c2ccccc2F)cc1C.NNC=O. The summed E-state index contributed by atoms with van der Waals surface area (Å²) in [7, 11) is 1.91. The van der Waals surface area contributed by atoms with Crippen LogP contribution in [0.2, 0.25) is 0 Å². The second-order valence-corrected chi connectivity index (χ2v) is 6.38. The van der Waals surface area contributed by atoms with Crippen molar-refractivity contribution in [2.24, 2.45) is 5.84 Å². The number of hydrazine groups is 1. The molecule has 0 aliphatic rings. The van der Waals surface area contributed by atoms with Gasteiger partial charge in [-0.3, -0.25) is 10.2 Å². The van der Waals surface area contributed by atoms with Gasteiger partial charge in [-0.2, -0.15) is 0 Å². The molecule has 1 amide bonds. The van der Waals surface area contributed by atoms with E-state index in [1.807, 2.05) is 50.4 Å². The Morgan fingerprint density at radius 3 is 2.38 bits per heavy atom. The summed E-state index contributed by atoms with van der Waals surface area (Å²) in [6.07, 6.45) is 0.403. The van der Waals surface area contributed by atoms with Crippen LogP contribution in [0.1, 0.15) is 16.7 Å². The lowest BCUT2D eigenvalue weighted by Gasteiger charge is -2.15. The fourth-order valence-electron chi connectivity index (χ4n) is 2.95. The van der Waals surface area contributed by atoms with E-state index in [0.717, 1.165) is 28.1 Å². The van der Waals surface area contributed by atoms with Crippen molar-refractivity contribution in [3.05, 3.63) is 83.2 Å². The summed E-state index contributed by atoms with van der Waals surface area (Å²) in [4.78, 5) is 8.94. The fourth-order valence-corrected chi connectivity index (χ4v) is 2.95. The molecule has 3 rings (SSSR count). The van der Waals surface area contributed by atoms with Crippen molar-refractivity contribution in [2.45, 2.75) is 20.5 Å². The predicted octanol–water partition coefficient (Wildman–Crippen LogP) is 4.34. The van der Waals surface area contributed by atoms with Crippen molar-refractivity contribution in [1.29, 1.82) is 0 Å². The van der Waals surface area contributed by atoms with Crippen molar-refractivity contribution in [1.82, 2.24) is 5.43 Å². The van der Waals surface area contributed by atoms with Gasteiger partial charge in [-0.25, -0.2) is 10.2 Å². The number of nitrogens with two attached hydrogens (primary N) is 1. The molecule has 3 aromatic carbocycles. The number of ether oxygens (including phenoxy) is 1. The van der Waals surface area contributed by atoms with Crippen LogP contribution in [0.15, 0.2) is 60.7 Å². The first-order chi connectivity index (χ1) is 14.0. The molecule has 5 nitrogen and oxygen atoms in total. The Morgan fingerprint density at radius 2 is 1.76 bits per heavy atom. The van der Waals surface area contributed by atoms with Crippen molar-refractivity contribution in [3.63, 3.8) is 0 Å². The third-order valence-corrected chi connectivity index (χ3v) is 4.48. The lowest BCUT2D eigenvalue weighted by molar-refractivity contribution is -0.109. The number of anilines is 1. The number of carbonyl (C=O) groups is 1. The van der Waals surface area contributed by atoms with E-state index in [1.54, 1.807) is 17.6 Å². The minimum absolute atomic E-state index is 0.214. The maximum atomic E-state index is 14.0.